The molecule has 5 nitrogen and oxygen atoms in total. The van der Waals surface area contributed by atoms with E-state index in [4.69, 9.17) is 9.47 Å². The van der Waals surface area contributed by atoms with E-state index in [9.17, 15) is 22.8 Å². The van der Waals surface area contributed by atoms with Crippen LogP contribution in [0.2, 0.25) is 0 Å². The summed E-state index contributed by atoms with van der Waals surface area (Å²) in [6, 6.07) is -0.835. The van der Waals surface area contributed by atoms with Gasteiger partial charge in [-0.15, -0.1) is 6.58 Å². The van der Waals surface area contributed by atoms with Gasteiger partial charge in [0.1, 0.15) is 5.60 Å². The number of rotatable bonds is 4. The van der Waals surface area contributed by atoms with Gasteiger partial charge in [0.2, 0.25) is 0 Å². The van der Waals surface area contributed by atoms with Crippen molar-refractivity contribution in [3.05, 3.63) is 24.8 Å². The number of alkyl halides is 3. The summed E-state index contributed by atoms with van der Waals surface area (Å²) in [6.07, 6.45) is -4.47. The van der Waals surface area contributed by atoms with Crippen LogP contribution in [0.3, 0.4) is 0 Å². The van der Waals surface area contributed by atoms with Gasteiger partial charge in [-0.2, -0.15) is 13.2 Å². The van der Waals surface area contributed by atoms with Gasteiger partial charge in [-0.1, -0.05) is 12.7 Å². The van der Waals surface area contributed by atoms with Crippen LogP contribution in [-0.2, 0) is 14.3 Å². The minimum absolute atomic E-state index is 0.129. The fourth-order valence-electron chi connectivity index (χ4n) is 2.28. The molecule has 0 radical (unpaired) electrons. The lowest BCUT2D eigenvalue weighted by molar-refractivity contribution is -0.168. The molecule has 8 heteroatoms. The first kappa shape index (κ1) is 20.1. The Labute approximate surface area is 139 Å². The van der Waals surface area contributed by atoms with E-state index in [0.717, 1.165) is 4.90 Å². The third-order valence-corrected chi connectivity index (χ3v) is 3.42. The summed E-state index contributed by atoms with van der Waals surface area (Å²) in [5.74, 6) is -1.98. The quantitative estimate of drug-likeness (QED) is 0.572. The Balaban J connectivity index is 3.03. The van der Waals surface area contributed by atoms with Gasteiger partial charge in [0.05, 0.1) is 12.0 Å². The van der Waals surface area contributed by atoms with Crippen LogP contribution in [0.25, 0.3) is 0 Å². The van der Waals surface area contributed by atoms with Crippen molar-refractivity contribution in [2.75, 3.05) is 6.73 Å². The number of ether oxygens (including phenoxy) is 2. The first-order chi connectivity index (χ1) is 10.9. The standard InChI is InChI=1S/C16H22F3NO4/c1-6-7-12-11(8-10(2)16(17,18)19)13(21)23-9-20(12)14(22)24-15(3,4)5/h6,11-12H,1-2,7-9H2,3-5H3/t11-,12-/m0/s1. The number of allylic oxidation sites excluding steroid dienone is 1. The van der Waals surface area contributed by atoms with Gasteiger partial charge in [0.15, 0.2) is 6.73 Å². The SMILES string of the molecule is C=CC[C@H]1[C@H](CC(=C)C(F)(F)F)C(=O)OCN1C(=O)OC(C)(C)C. The van der Waals surface area contributed by atoms with E-state index >= 15 is 0 Å². The molecular weight excluding hydrogens is 327 g/mol. The highest BCUT2D eigenvalue weighted by Crippen LogP contribution is 2.34. The molecule has 0 aromatic heterocycles. The zero-order valence-electron chi connectivity index (χ0n) is 14.0. The Bertz CT molecular complexity index is 522. The number of nitrogens with zero attached hydrogens (tertiary/aromatic N) is 1. The molecule has 1 aliphatic rings. The summed E-state index contributed by atoms with van der Waals surface area (Å²) < 4.78 is 48.3. The minimum atomic E-state index is -4.62. The maximum absolute atomic E-state index is 12.7. The predicted octanol–water partition coefficient (Wildman–Crippen LogP) is 3.81. The number of hydrogen-bond acceptors (Lipinski definition) is 4. The van der Waals surface area contributed by atoms with Crippen LogP contribution in [0.15, 0.2) is 24.8 Å². The third kappa shape index (κ3) is 5.28. The summed E-state index contributed by atoms with van der Waals surface area (Å²) in [4.78, 5) is 25.3. The van der Waals surface area contributed by atoms with Crippen LogP contribution in [0, 0.1) is 5.92 Å². The molecule has 0 saturated carbocycles. The summed E-state index contributed by atoms with van der Waals surface area (Å²) in [5, 5.41) is 0. The minimum Gasteiger partial charge on any atom is -0.444 e. The second-order valence-corrected chi connectivity index (χ2v) is 6.55. The van der Waals surface area contributed by atoms with Gasteiger partial charge in [0, 0.05) is 5.57 Å². The smallest absolute Gasteiger partial charge is 0.413 e. The Morgan fingerprint density at radius 2 is 2.00 bits per heavy atom. The highest BCUT2D eigenvalue weighted by atomic mass is 19.4. The molecule has 0 bridgehead atoms. The molecule has 1 heterocycles. The highest BCUT2D eigenvalue weighted by molar-refractivity contribution is 5.77. The molecule has 1 fully saturated rings. The average Bonchev–Trinajstić information content (AvgIpc) is 2.39. The molecule has 0 spiro atoms. The molecule has 1 rings (SSSR count). The molecule has 24 heavy (non-hydrogen) atoms. The predicted molar refractivity (Wildman–Crippen MR) is 80.9 cm³/mol. The molecule has 0 aromatic carbocycles. The van der Waals surface area contributed by atoms with E-state index < -0.39 is 47.8 Å². The summed E-state index contributed by atoms with van der Waals surface area (Å²) in [6.45, 7) is 11.1. The fourth-order valence-corrected chi connectivity index (χ4v) is 2.28. The van der Waals surface area contributed by atoms with E-state index in [1.165, 1.54) is 6.08 Å². The van der Waals surface area contributed by atoms with Crippen molar-refractivity contribution in [3.63, 3.8) is 0 Å². The highest BCUT2D eigenvalue weighted by Gasteiger charge is 2.44. The molecule has 1 aliphatic heterocycles. The van der Waals surface area contributed by atoms with E-state index in [2.05, 4.69) is 13.2 Å². The van der Waals surface area contributed by atoms with Crippen molar-refractivity contribution >= 4 is 12.1 Å². The van der Waals surface area contributed by atoms with Crippen LogP contribution in [0.4, 0.5) is 18.0 Å². The summed E-state index contributed by atoms with van der Waals surface area (Å²) >= 11 is 0. The third-order valence-electron chi connectivity index (χ3n) is 3.42. The first-order valence-electron chi connectivity index (χ1n) is 7.39. The van der Waals surface area contributed by atoms with E-state index in [0.29, 0.717) is 0 Å². The number of halogens is 3. The molecule has 2 atom stereocenters. The van der Waals surface area contributed by atoms with E-state index in [-0.39, 0.29) is 13.2 Å². The van der Waals surface area contributed by atoms with Gasteiger partial charge >= 0.3 is 18.2 Å². The molecular formula is C16H22F3NO4. The number of amides is 1. The largest absolute Gasteiger partial charge is 0.444 e. The molecule has 0 aromatic rings. The monoisotopic (exact) mass is 349 g/mol. The van der Waals surface area contributed by atoms with Crippen LogP contribution < -0.4 is 0 Å². The first-order valence-corrected chi connectivity index (χ1v) is 7.39. The zero-order valence-corrected chi connectivity index (χ0v) is 14.0. The van der Waals surface area contributed by atoms with Gasteiger partial charge in [-0.05, 0) is 33.6 Å². The van der Waals surface area contributed by atoms with Crippen molar-refractivity contribution < 1.29 is 32.2 Å². The normalized spacial score (nSPS) is 21.9. The molecule has 0 aliphatic carbocycles. The van der Waals surface area contributed by atoms with Crippen molar-refractivity contribution in [3.8, 4) is 0 Å². The Kier molecular flexibility index (Phi) is 6.08. The Morgan fingerprint density at radius 1 is 1.42 bits per heavy atom. The number of carbonyl (C=O) groups excluding carboxylic acids is 2. The summed E-state index contributed by atoms with van der Waals surface area (Å²) in [7, 11) is 0. The van der Waals surface area contributed by atoms with Crippen LogP contribution in [-0.4, -0.2) is 41.5 Å². The number of esters is 1. The van der Waals surface area contributed by atoms with Crippen molar-refractivity contribution in [1.29, 1.82) is 0 Å². The number of carbonyl (C=O) groups is 2. The maximum Gasteiger partial charge on any atom is 0.413 e. The van der Waals surface area contributed by atoms with E-state index in [1.54, 1.807) is 20.8 Å². The molecule has 0 unspecified atom stereocenters. The molecule has 1 saturated heterocycles. The molecule has 1 amide bonds. The van der Waals surface area contributed by atoms with Gasteiger partial charge in [0.25, 0.3) is 0 Å². The van der Waals surface area contributed by atoms with Gasteiger partial charge < -0.3 is 9.47 Å². The fraction of sp³-hybridized carbons (Fsp3) is 0.625. The Morgan fingerprint density at radius 3 is 2.46 bits per heavy atom. The molecule has 136 valence electrons. The lowest BCUT2D eigenvalue weighted by atomic mass is 9.88. The lowest BCUT2D eigenvalue weighted by Crippen LogP contribution is -2.54. The second kappa shape index (κ2) is 7.27. The maximum atomic E-state index is 12.7. The second-order valence-electron chi connectivity index (χ2n) is 6.55. The van der Waals surface area contributed by atoms with Crippen molar-refractivity contribution in [1.82, 2.24) is 4.90 Å². The Hall–Kier alpha value is -1.99. The van der Waals surface area contributed by atoms with Crippen LogP contribution in [0.5, 0.6) is 0 Å². The van der Waals surface area contributed by atoms with Crippen LogP contribution >= 0.6 is 0 Å². The zero-order chi connectivity index (χ0) is 18.7. The van der Waals surface area contributed by atoms with Gasteiger partial charge in [-0.25, -0.2) is 4.79 Å². The molecule has 0 N–H and O–H groups in total. The lowest BCUT2D eigenvalue weighted by Gasteiger charge is -2.40. The average molecular weight is 349 g/mol. The summed E-state index contributed by atoms with van der Waals surface area (Å²) in [5.41, 5.74) is -1.84. The van der Waals surface area contributed by atoms with Crippen LogP contribution in [0.1, 0.15) is 33.6 Å². The number of hydrogen-bond donors (Lipinski definition) is 0. The topological polar surface area (TPSA) is 55.8 Å². The van der Waals surface area contributed by atoms with Crippen molar-refractivity contribution in [2.24, 2.45) is 5.92 Å². The van der Waals surface area contributed by atoms with Crippen molar-refractivity contribution in [2.45, 2.75) is 51.4 Å². The van der Waals surface area contributed by atoms with E-state index in [1.807, 2.05) is 0 Å². The van der Waals surface area contributed by atoms with Gasteiger partial charge in [-0.3, -0.25) is 9.69 Å². The number of cyclic esters (lactones) is 1.